The fourth-order valence-corrected chi connectivity index (χ4v) is 12.6. The van der Waals surface area contributed by atoms with Crippen molar-refractivity contribution in [1.82, 2.24) is 51.2 Å². The van der Waals surface area contributed by atoms with Gasteiger partial charge in [-0.2, -0.15) is 18.4 Å². The number of aldehydes is 1. The quantitative estimate of drug-likeness (QED) is 0.0171. The molecule has 0 bridgehead atoms. The molecule has 0 radical (unpaired) electrons. The fraction of sp³-hybridized carbons (Fsp3) is 0.575. The van der Waals surface area contributed by atoms with Crippen molar-refractivity contribution in [2.24, 2.45) is 0 Å². The standard InChI is InChI=1S/C80H111ClF3IN12O23/c1-93(78(111)60-13-16-65(81)63(49-60)64-52-90-69(80(82,83)84)50-61(64)51-86)67-8-2-3-9-68(67)120-32-19-70(99)89-23-34-113-36-38-115-40-42-117-44-46-119-48-47-118-45-43-116-41-39-114-37-35-112-33-22-87-57-79(58-98,92-77(110)66(17-18-73(102)103)91-71(100)10-6-7-59-11-14-62(85)15-12-59)20-4-5-21-88-72(101)53-94-24-26-95(54-74(104)105)28-30-97(56-76(108)109)31-29-96(27-25-94)55-75(106)107/h2-3,8-9,11-16,49-50,52,58,66,87H,4-7,10,17-48,53-57H2,1H3,(H,88,101)(H,89,99)(H,91,100)(H,92,110)(H,102,103)(H,104,105)(H,106,107)(H,108,109)/t66-,79?/m1/s1. The molecule has 4 aromatic rings. The Balaban J connectivity index is 0.901. The van der Waals surface area contributed by atoms with Gasteiger partial charge >= 0.3 is 30.1 Å². The van der Waals surface area contributed by atoms with Gasteiger partial charge in [0.25, 0.3) is 5.91 Å². The molecule has 1 aromatic heterocycles. The maximum Gasteiger partial charge on any atom is 0.433 e. The van der Waals surface area contributed by atoms with E-state index < -0.39 is 71.5 Å². The van der Waals surface area contributed by atoms with Crippen LogP contribution in [0.2, 0.25) is 5.02 Å². The number of benzene rings is 3. The number of rotatable bonds is 60. The van der Waals surface area contributed by atoms with Crippen LogP contribution in [0, 0.1) is 14.9 Å². The second-order valence-electron chi connectivity index (χ2n) is 27.7. The predicted octanol–water partition coefficient (Wildman–Crippen LogP) is 3.97. The van der Waals surface area contributed by atoms with Crippen molar-refractivity contribution >= 4 is 99.6 Å². The number of nitriles is 1. The van der Waals surface area contributed by atoms with E-state index in [4.69, 9.17) is 54.2 Å². The van der Waals surface area contributed by atoms with E-state index in [0.717, 1.165) is 15.3 Å². The summed E-state index contributed by atoms with van der Waals surface area (Å²) in [5.41, 5.74) is -1.47. The van der Waals surface area contributed by atoms with Gasteiger partial charge in [0.2, 0.25) is 23.6 Å². The molecule has 3 aromatic carbocycles. The minimum atomic E-state index is -4.77. The molecule has 5 rings (SSSR count). The highest BCUT2D eigenvalue weighted by Crippen LogP contribution is 2.36. The van der Waals surface area contributed by atoms with E-state index in [1.54, 1.807) is 49.9 Å². The van der Waals surface area contributed by atoms with Crippen LogP contribution in [-0.2, 0) is 93.6 Å². The van der Waals surface area contributed by atoms with Gasteiger partial charge in [0.05, 0.1) is 162 Å². The number of carbonyl (C=O) groups is 10. The molecule has 664 valence electrons. The highest BCUT2D eigenvalue weighted by Gasteiger charge is 2.36. The average Bonchev–Trinajstić information content (AvgIpc) is 0.786. The number of amides is 5. The first-order valence-electron chi connectivity index (χ1n) is 39.4. The lowest BCUT2D eigenvalue weighted by Crippen LogP contribution is -2.60. The number of para-hydroxylation sites is 2. The highest BCUT2D eigenvalue weighted by atomic mass is 127. The van der Waals surface area contributed by atoms with Crippen molar-refractivity contribution in [2.45, 2.75) is 75.5 Å². The van der Waals surface area contributed by atoms with Gasteiger partial charge in [-0.25, -0.2) is 0 Å². The van der Waals surface area contributed by atoms with E-state index in [1.165, 1.54) is 30.1 Å². The normalized spacial score (nSPS) is 14.1. The third-order valence-corrected chi connectivity index (χ3v) is 19.4. The van der Waals surface area contributed by atoms with E-state index in [-0.39, 0.29) is 209 Å². The minimum Gasteiger partial charge on any atom is -0.491 e. The lowest BCUT2D eigenvalue weighted by atomic mass is 9.92. The lowest BCUT2D eigenvalue weighted by Gasteiger charge is -2.33. The molecular formula is C80H111ClF3IN12O23. The van der Waals surface area contributed by atoms with E-state index in [2.05, 4.69) is 54.2 Å². The van der Waals surface area contributed by atoms with Crippen molar-refractivity contribution in [3.8, 4) is 22.9 Å². The molecule has 1 saturated heterocycles. The van der Waals surface area contributed by atoms with Gasteiger partial charge in [-0.3, -0.25) is 67.7 Å². The number of aryl methyl sites for hydroxylation is 1. The number of hydrogen-bond donors (Lipinski definition) is 9. The van der Waals surface area contributed by atoms with Crippen LogP contribution in [0.3, 0.4) is 0 Å². The molecule has 9 N–H and O–H groups in total. The number of nitrogens with one attached hydrogen (secondary N) is 5. The molecule has 1 aliphatic rings. The molecule has 0 saturated carbocycles. The Morgan fingerprint density at radius 1 is 0.583 bits per heavy atom. The molecule has 120 heavy (non-hydrogen) atoms. The van der Waals surface area contributed by atoms with Crippen LogP contribution in [0.15, 0.2) is 79.0 Å². The van der Waals surface area contributed by atoms with Gasteiger partial charge in [-0.1, -0.05) is 35.9 Å². The molecule has 35 nitrogen and oxygen atoms in total. The van der Waals surface area contributed by atoms with E-state index in [1.807, 2.05) is 24.3 Å². The van der Waals surface area contributed by atoms with Gasteiger partial charge in [-0.05, 0) is 115 Å². The first-order valence-corrected chi connectivity index (χ1v) is 40.9. The summed E-state index contributed by atoms with van der Waals surface area (Å²) in [6, 6.07) is 19.8. The van der Waals surface area contributed by atoms with Gasteiger partial charge in [0.1, 0.15) is 29.3 Å². The number of halogens is 5. The molecule has 5 amide bonds. The number of nitrogens with zero attached hydrogens (tertiary/aromatic N) is 7. The van der Waals surface area contributed by atoms with Crippen LogP contribution in [0.5, 0.6) is 5.75 Å². The lowest BCUT2D eigenvalue weighted by molar-refractivity contribution is -0.141. The monoisotopic (exact) mass is 1830 g/mol. The molecule has 2 heterocycles. The molecule has 2 atom stereocenters. The second-order valence-corrected chi connectivity index (χ2v) is 29.3. The zero-order valence-corrected chi connectivity index (χ0v) is 70.3. The summed E-state index contributed by atoms with van der Waals surface area (Å²) in [6.45, 7) is 6.07. The van der Waals surface area contributed by atoms with E-state index in [0.29, 0.717) is 122 Å². The van der Waals surface area contributed by atoms with Crippen LogP contribution in [0.1, 0.15) is 78.5 Å². The number of pyridine rings is 1. The smallest absolute Gasteiger partial charge is 0.433 e. The topological polar surface area (TPSA) is 448 Å². The third-order valence-electron chi connectivity index (χ3n) is 18.4. The van der Waals surface area contributed by atoms with E-state index in [9.17, 15) is 86.8 Å². The Morgan fingerprint density at radius 3 is 1.58 bits per heavy atom. The van der Waals surface area contributed by atoms with Gasteiger partial charge in [0, 0.05) is 130 Å². The van der Waals surface area contributed by atoms with Crippen molar-refractivity contribution < 1.29 is 124 Å². The fourth-order valence-electron chi connectivity index (χ4n) is 12.0. The summed E-state index contributed by atoms with van der Waals surface area (Å²) < 4.78 is 91.6. The number of unbranched alkanes of at least 4 members (excludes halogenated alkanes) is 1. The molecule has 1 fully saturated rings. The molecular weight excluding hydrogens is 1720 g/mol. The van der Waals surface area contributed by atoms with Gasteiger partial charge < -0.3 is 99.3 Å². The Kier molecular flexibility index (Phi) is 49.5. The highest BCUT2D eigenvalue weighted by molar-refractivity contribution is 14.1. The van der Waals surface area contributed by atoms with Gasteiger partial charge in [0.15, 0.2) is 0 Å². The number of hydrogen-bond acceptors (Lipinski definition) is 26. The maximum atomic E-state index is 14.1. The predicted molar refractivity (Wildman–Crippen MR) is 439 cm³/mol. The molecule has 0 spiro atoms. The minimum absolute atomic E-state index is 0.00221. The Morgan fingerprint density at radius 2 is 1.08 bits per heavy atom. The summed E-state index contributed by atoms with van der Waals surface area (Å²) in [5, 5.41) is 62.3. The number of alkyl halides is 3. The Bertz CT molecular complexity index is 3830. The number of aliphatic carboxylic acids is 4. The van der Waals surface area contributed by atoms with Crippen molar-refractivity contribution in [3.63, 3.8) is 0 Å². The van der Waals surface area contributed by atoms with Crippen molar-refractivity contribution in [2.75, 3.05) is 229 Å². The second kappa shape index (κ2) is 58.3. The zero-order chi connectivity index (χ0) is 87.3. The first-order chi connectivity index (χ1) is 57.7. The summed E-state index contributed by atoms with van der Waals surface area (Å²) in [5.74, 6) is -6.55. The largest absolute Gasteiger partial charge is 0.491 e. The van der Waals surface area contributed by atoms with Crippen molar-refractivity contribution in [3.05, 3.63) is 110 Å². The number of aromatic nitrogens is 1. The number of anilines is 1. The maximum absolute atomic E-state index is 14.1. The number of carboxylic acids is 4. The number of carbonyl (C=O) groups excluding carboxylic acids is 6. The summed E-state index contributed by atoms with van der Waals surface area (Å²) in [7, 11) is 1.50. The van der Waals surface area contributed by atoms with Crippen LogP contribution in [0.4, 0.5) is 18.9 Å². The zero-order valence-electron chi connectivity index (χ0n) is 67.4. The van der Waals surface area contributed by atoms with Crippen LogP contribution < -0.4 is 36.2 Å². The Hall–Kier alpha value is -8.71. The van der Waals surface area contributed by atoms with Crippen LogP contribution >= 0.6 is 34.2 Å². The average molecular weight is 1830 g/mol. The van der Waals surface area contributed by atoms with Crippen LogP contribution in [0.25, 0.3) is 11.1 Å². The van der Waals surface area contributed by atoms with Crippen molar-refractivity contribution in [1.29, 1.82) is 5.26 Å². The molecule has 1 aliphatic heterocycles. The summed E-state index contributed by atoms with van der Waals surface area (Å²) >= 11 is 8.58. The number of ether oxygens (including phenoxy) is 9. The first kappa shape index (κ1) is 102. The van der Waals surface area contributed by atoms with Gasteiger partial charge in [-0.15, -0.1) is 0 Å². The van der Waals surface area contributed by atoms with E-state index >= 15 is 0 Å². The summed E-state index contributed by atoms with van der Waals surface area (Å²) in [4.78, 5) is 139. The summed E-state index contributed by atoms with van der Waals surface area (Å²) in [6.07, 6.45) is -2.19. The van der Waals surface area contributed by atoms with Crippen LogP contribution in [-0.4, -0.2) is 340 Å². The molecule has 1 unspecified atom stereocenters. The SMILES string of the molecule is CN(C(=O)c1ccc(Cl)c(-c2cnc(C(F)(F)F)cc2C#N)c1)c1ccccc1OCCC(=O)NCCOCCOCCOCCOCCOCCOCCOCCOCCNCC(C=O)(CCCCNC(=O)CN1CCN(CC(=O)O)CCN(CC(=O)O)CCN(CC(=O)O)CC1)NC(=O)[C@@H](CCC(=O)O)NC(=O)CCCc1ccc(I)cc1. The molecule has 40 heteroatoms. The number of carboxylic acid groups (broad SMARTS) is 4. The Labute approximate surface area is 713 Å². The molecule has 0 aliphatic carbocycles. The third kappa shape index (κ3) is 42.7.